The van der Waals surface area contributed by atoms with Crippen molar-refractivity contribution in [2.24, 2.45) is 0 Å². The summed E-state index contributed by atoms with van der Waals surface area (Å²) in [6, 6.07) is 0. The standard InChI is InChI=1S/C9H13NO3/c1-2-3-7-9(13)8(12)6(5-11)4-10-7/h4,11,13H,2-3,5H2,1H3,(H,10,12). The van der Waals surface area contributed by atoms with Crippen LogP contribution in [0.2, 0.25) is 0 Å². The van der Waals surface area contributed by atoms with Crippen molar-refractivity contribution in [3.8, 4) is 5.75 Å². The zero-order valence-electron chi connectivity index (χ0n) is 7.50. The molecule has 1 aromatic rings. The van der Waals surface area contributed by atoms with Crippen molar-refractivity contribution < 1.29 is 10.2 Å². The van der Waals surface area contributed by atoms with Gasteiger partial charge in [-0.2, -0.15) is 0 Å². The number of aliphatic hydroxyl groups is 1. The van der Waals surface area contributed by atoms with Crippen LogP contribution in [0.1, 0.15) is 24.6 Å². The van der Waals surface area contributed by atoms with Crippen molar-refractivity contribution in [2.75, 3.05) is 0 Å². The highest BCUT2D eigenvalue weighted by atomic mass is 16.3. The van der Waals surface area contributed by atoms with Crippen molar-refractivity contribution in [3.63, 3.8) is 0 Å². The maximum Gasteiger partial charge on any atom is 0.228 e. The number of aromatic hydroxyl groups is 1. The Morgan fingerprint density at radius 2 is 2.23 bits per heavy atom. The van der Waals surface area contributed by atoms with E-state index in [-0.39, 0.29) is 17.9 Å². The fraction of sp³-hybridized carbons (Fsp3) is 0.444. The summed E-state index contributed by atoms with van der Waals surface area (Å²) in [6.45, 7) is 1.60. The summed E-state index contributed by atoms with van der Waals surface area (Å²) in [7, 11) is 0. The average Bonchev–Trinajstić information content (AvgIpc) is 2.14. The third-order valence-electron chi connectivity index (χ3n) is 1.88. The predicted molar refractivity (Wildman–Crippen MR) is 48.6 cm³/mol. The molecule has 4 heteroatoms. The molecule has 1 aromatic heterocycles. The molecule has 0 unspecified atom stereocenters. The molecule has 0 radical (unpaired) electrons. The van der Waals surface area contributed by atoms with Crippen LogP contribution in [0.15, 0.2) is 11.0 Å². The van der Waals surface area contributed by atoms with Gasteiger partial charge >= 0.3 is 0 Å². The van der Waals surface area contributed by atoms with Gasteiger partial charge in [0.2, 0.25) is 5.43 Å². The van der Waals surface area contributed by atoms with Gasteiger partial charge < -0.3 is 15.2 Å². The molecule has 0 bridgehead atoms. The van der Waals surface area contributed by atoms with Crippen LogP contribution in [-0.2, 0) is 13.0 Å². The zero-order chi connectivity index (χ0) is 9.84. The number of hydrogen-bond acceptors (Lipinski definition) is 3. The Kier molecular flexibility index (Phi) is 3.08. The van der Waals surface area contributed by atoms with Crippen LogP contribution >= 0.6 is 0 Å². The summed E-state index contributed by atoms with van der Waals surface area (Å²) in [5, 5.41) is 18.1. The molecule has 0 aliphatic heterocycles. The minimum Gasteiger partial charge on any atom is -0.503 e. The minimum absolute atomic E-state index is 0.192. The van der Waals surface area contributed by atoms with Crippen molar-refractivity contribution in [1.82, 2.24) is 4.98 Å². The maximum absolute atomic E-state index is 11.3. The summed E-state index contributed by atoms with van der Waals surface area (Å²) in [5.41, 5.74) is 0.242. The zero-order valence-corrected chi connectivity index (χ0v) is 7.50. The third kappa shape index (κ3) is 1.89. The first-order valence-corrected chi connectivity index (χ1v) is 4.24. The molecule has 4 nitrogen and oxygen atoms in total. The Morgan fingerprint density at radius 1 is 1.54 bits per heavy atom. The third-order valence-corrected chi connectivity index (χ3v) is 1.88. The predicted octanol–water partition coefficient (Wildman–Crippen LogP) is 0.525. The molecule has 0 amide bonds. The maximum atomic E-state index is 11.3. The van der Waals surface area contributed by atoms with Gasteiger partial charge in [0.15, 0.2) is 5.75 Å². The normalized spacial score (nSPS) is 10.3. The number of nitrogens with one attached hydrogen (secondary N) is 1. The summed E-state index contributed by atoms with van der Waals surface area (Å²) in [6.07, 6.45) is 2.92. The SMILES string of the molecule is CCCc1[nH]cc(CO)c(=O)c1O. The summed E-state index contributed by atoms with van der Waals surface area (Å²) in [4.78, 5) is 14.1. The highest BCUT2D eigenvalue weighted by Gasteiger charge is 2.08. The number of aliphatic hydroxyl groups excluding tert-OH is 1. The number of pyridine rings is 1. The molecule has 72 valence electrons. The molecule has 3 N–H and O–H groups in total. The van der Waals surface area contributed by atoms with Crippen LogP contribution in [0.4, 0.5) is 0 Å². The number of H-pyrrole nitrogens is 1. The van der Waals surface area contributed by atoms with E-state index in [0.29, 0.717) is 12.1 Å². The second-order valence-corrected chi connectivity index (χ2v) is 2.88. The largest absolute Gasteiger partial charge is 0.503 e. The molecule has 0 saturated heterocycles. The van der Waals surface area contributed by atoms with Gasteiger partial charge in [-0.3, -0.25) is 4.79 Å². The topological polar surface area (TPSA) is 73.3 Å². The van der Waals surface area contributed by atoms with Gasteiger partial charge in [0.25, 0.3) is 0 Å². The monoisotopic (exact) mass is 183 g/mol. The molecule has 0 fully saturated rings. The van der Waals surface area contributed by atoms with Gasteiger partial charge in [-0.1, -0.05) is 13.3 Å². The van der Waals surface area contributed by atoms with Crippen LogP contribution < -0.4 is 5.43 Å². The number of aromatic nitrogens is 1. The van der Waals surface area contributed by atoms with E-state index < -0.39 is 5.43 Å². The van der Waals surface area contributed by atoms with E-state index in [1.165, 1.54) is 6.20 Å². The van der Waals surface area contributed by atoms with E-state index in [1.807, 2.05) is 6.92 Å². The molecular formula is C9H13NO3. The Balaban J connectivity index is 3.15. The lowest BCUT2D eigenvalue weighted by Gasteiger charge is -2.03. The Bertz CT molecular complexity index is 343. The fourth-order valence-electron chi connectivity index (χ4n) is 1.16. The lowest BCUT2D eigenvalue weighted by molar-refractivity contribution is 0.279. The second-order valence-electron chi connectivity index (χ2n) is 2.88. The van der Waals surface area contributed by atoms with E-state index in [9.17, 15) is 9.90 Å². The highest BCUT2D eigenvalue weighted by molar-refractivity contribution is 5.30. The molecule has 0 spiro atoms. The van der Waals surface area contributed by atoms with Gasteiger partial charge in [-0.25, -0.2) is 0 Å². The van der Waals surface area contributed by atoms with E-state index in [4.69, 9.17) is 5.11 Å². The lowest BCUT2D eigenvalue weighted by atomic mass is 10.2. The number of aromatic amines is 1. The van der Waals surface area contributed by atoms with E-state index in [1.54, 1.807) is 0 Å². The molecule has 13 heavy (non-hydrogen) atoms. The van der Waals surface area contributed by atoms with Crippen LogP contribution in [-0.4, -0.2) is 15.2 Å². The summed E-state index contributed by atoms with van der Waals surface area (Å²) >= 11 is 0. The summed E-state index contributed by atoms with van der Waals surface area (Å²) in [5.74, 6) is -0.270. The minimum atomic E-state index is -0.482. The van der Waals surface area contributed by atoms with Crippen molar-refractivity contribution in [1.29, 1.82) is 0 Å². The average molecular weight is 183 g/mol. The second kappa shape index (κ2) is 4.09. The van der Waals surface area contributed by atoms with Crippen molar-refractivity contribution in [3.05, 3.63) is 27.7 Å². The van der Waals surface area contributed by atoms with E-state index in [0.717, 1.165) is 6.42 Å². The first kappa shape index (κ1) is 9.80. The number of aryl methyl sites for hydroxylation is 1. The first-order chi connectivity index (χ1) is 6.20. The highest BCUT2D eigenvalue weighted by Crippen LogP contribution is 2.11. The molecule has 0 atom stereocenters. The van der Waals surface area contributed by atoms with Crippen LogP contribution in [0.3, 0.4) is 0 Å². The van der Waals surface area contributed by atoms with Gasteiger partial charge in [-0.05, 0) is 6.42 Å². The van der Waals surface area contributed by atoms with Crippen molar-refractivity contribution in [2.45, 2.75) is 26.4 Å². The molecule has 0 aliphatic rings. The number of rotatable bonds is 3. The van der Waals surface area contributed by atoms with Gasteiger partial charge in [0.05, 0.1) is 12.3 Å². The molecule has 1 rings (SSSR count). The smallest absolute Gasteiger partial charge is 0.228 e. The quantitative estimate of drug-likeness (QED) is 0.639. The Hall–Kier alpha value is -1.29. The van der Waals surface area contributed by atoms with Crippen LogP contribution in [0.5, 0.6) is 5.75 Å². The molecule has 0 aliphatic carbocycles. The van der Waals surface area contributed by atoms with Crippen molar-refractivity contribution >= 4 is 0 Å². The van der Waals surface area contributed by atoms with Gasteiger partial charge in [0.1, 0.15) is 0 Å². The van der Waals surface area contributed by atoms with Crippen LogP contribution in [0, 0.1) is 0 Å². The fourth-order valence-corrected chi connectivity index (χ4v) is 1.16. The first-order valence-electron chi connectivity index (χ1n) is 4.24. The van der Waals surface area contributed by atoms with Crippen LogP contribution in [0.25, 0.3) is 0 Å². The molecular weight excluding hydrogens is 170 g/mol. The van der Waals surface area contributed by atoms with Gasteiger partial charge in [0, 0.05) is 11.8 Å². The van der Waals surface area contributed by atoms with E-state index >= 15 is 0 Å². The van der Waals surface area contributed by atoms with E-state index in [2.05, 4.69) is 4.98 Å². The van der Waals surface area contributed by atoms with Gasteiger partial charge in [-0.15, -0.1) is 0 Å². The molecule has 0 aromatic carbocycles. The Morgan fingerprint density at radius 3 is 2.77 bits per heavy atom. The Labute approximate surface area is 75.9 Å². The molecule has 1 heterocycles. The number of hydrogen-bond donors (Lipinski definition) is 3. The summed E-state index contributed by atoms with van der Waals surface area (Å²) < 4.78 is 0. The lowest BCUT2D eigenvalue weighted by Crippen LogP contribution is -2.11. The molecule has 0 saturated carbocycles.